The summed E-state index contributed by atoms with van der Waals surface area (Å²) in [5.74, 6) is 1.41. The molecule has 0 fully saturated rings. The summed E-state index contributed by atoms with van der Waals surface area (Å²) in [6.45, 7) is 10.3. The Morgan fingerprint density at radius 2 is 1.44 bits per heavy atom. The molecule has 0 saturated carbocycles. The molecule has 2 heteroatoms. The van der Waals surface area contributed by atoms with Crippen LogP contribution in [0.1, 0.15) is 46.1 Å². The lowest BCUT2D eigenvalue weighted by Gasteiger charge is -2.18. The van der Waals surface area contributed by atoms with Crippen LogP contribution in [0.4, 0.5) is 0 Å². The lowest BCUT2D eigenvalue weighted by atomic mass is 10.0. The highest BCUT2D eigenvalue weighted by molar-refractivity contribution is 5.28. The summed E-state index contributed by atoms with van der Waals surface area (Å²) in [6, 6.07) is 8.19. The summed E-state index contributed by atoms with van der Waals surface area (Å²) in [7, 11) is 0. The van der Waals surface area contributed by atoms with E-state index >= 15 is 0 Å². The van der Waals surface area contributed by atoms with E-state index in [-0.39, 0.29) is 12.4 Å². The van der Waals surface area contributed by atoms with E-state index in [4.69, 9.17) is 9.47 Å². The normalized spacial score (nSPS) is 13.2. The summed E-state index contributed by atoms with van der Waals surface area (Å²) in [5, 5.41) is 0. The molecule has 16 heavy (non-hydrogen) atoms. The van der Waals surface area contributed by atoms with Gasteiger partial charge in [0.15, 0.2) is 6.29 Å². The van der Waals surface area contributed by atoms with Crippen molar-refractivity contribution in [3.63, 3.8) is 0 Å². The lowest BCUT2D eigenvalue weighted by molar-refractivity contribution is -0.0950. The lowest BCUT2D eigenvalue weighted by Crippen LogP contribution is -2.20. The van der Waals surface area contributed by atoms with E-state index in [1.54, 1.807) is 0 Å². The molecule has 0 radical (unpaired) electrons. The van der Waals surface area contributed by atoms with Crippen LogP contribution in [0.5, 0.6) is 5.75 Å². The quantitative estimate of drug-likeness (QED) is 0.702. The average molecular weight is 222 g/mol. The highest BCUT2D eigenvalue weighted by Crippen LogP contribution is 2.19. The molecule has 0 aliphatic rings. The Labute approximate surface area is 98.6 Å². The molecule has 1 unspecified atom stereocenters. The maximum Gasteiger partial charge on any atom is 0.197 e. The summed E-state index contributed by atoms with van der Waals surface area (Å²) >= 11 is 0. The Bertz CT molecular complexity index is 301. The molecular formula is C14H22O2. The van der Waals surface area contributed by atoms with Crippen LogP contribution in [0, 0.1) is 0 Å². The zero-order valence-corrected chi connectivity index (χ0v) is 10.9. The van der Waals surface area contributed by atoms with E-state index in [1.165, 1.54) is 5.56 Å². The van der Waals surface area contributed by atoms with Gasteiger partial charge >= 0.3 is 0 Å². The van der Waals surface area contributed by atoms with Crippen molar-refractivity contribution in [3.05, 3.63) is 29.8 Å². The monoisotopic (exact) mass is 222 g/mol. The van der Waals surface area contributed by atoms with Gasteiger partial charge in [-0.05, 0) is 44.4 Å². The Kier molecular flexibility index (Phi) is 4.81. The van der Waals surface area contributed by atoms with E-state index < -0.39 is 0 Å². The summed E-state index contributed by atoms with van der Waals surface area (Å²) < 4.78 is 11.1. The molecule has 1 atom stereocenters. The first-order valence-corrected chi connectivity index (χ1v) is 5.91. The van der Waals surface area contributed by atoms with E-state index in [1.807, 2.05) is 32.9 Å². The minimum Gasteiger partial charge on any atom is -0.465 e. The fraction of sp³-hybridized carbons (Fsp3) is 0.571. The van der Waals surface area contributed by atoms with Crippen LogP contribution < -0.4 is 4.74 Å². The van der Waals surface area contributed by atoms with Crippen molar-refractivity contribution in [2.45, 2.75) is 52.9 Å². The van der Waals surface area contributed by atoms with Crippen LogP contribution in [0.15, 0.2) is 24.3 Å². The van der Waals surface area contributed by atoms with E-state index in [0.717, 1.165) is 5.75 Å². The van der Waals surface area contributed by atoms with Crippen molar-refractivity contribution in [1.82, 2.24) is 0 Å². The first-order valence-electron chi connectivity index (χ1n) is 5.91. The molecule has 0 aromatic heterocycles. The first-order chi connectivity index (χ1) is 7.49. The molecule has 0 saturated heterocycles. The molecule has 1 aromatic carbocycles. The van der Waals surface area contributed by atoms with Crippen LogP contribution in [0.3, 0.4) is 0 Å². The molecule has 0 amide bonds. The first kappa shape index (κ1) is 13.0. The zero-order valence-electron chi connectivity index (χ0n) is 10.9. The average Bonchev–Trinajstić information content (AvgIpc) is 2.16. The van der Waals surface area contributed by atoms with Gasteiger partial charge in [-0.2, -0.15) is 0 Å². The van der Waals surface area contributed by atoms with Crippen molar-refractivity contribution in [1.29, 1.82) is 0 Å². The van der Waals surface area contributed by atoms with Gasteiger partial charge in [-0.15, -0.1) is 0 Å². The predicted molar refractivity (Wildman–Crippen MR) is 66.8 cm³/mol. The second kappa shape index (κ2) is 5.90. The van der Waals surface area contributed by atoms with Crippen LogP contribution in [0.25, 0.3) is 0 Å². The second-order valence-corrected chi connectivity index (χ2v) is 4.59. The smallest absolute Gasteiger partial charge is 0.197 e. The molecule has 1 rings (SSSR count). The summed E-state index contributed by atoms with van der Waals surface area (Å²) in [4.78, 5) is 0. The summed E-state index contributed by atoms with van der Waals surface area (Å²) in [5.41, 5.74) is 1.32. The third-order valence-electron chi connectivity index (χ3n) is 2.31. The number of hydrogen-bond acceptors (Lipinski definition) is 2. The topological polar surface area (TPSA) is 18.5 Å². The fourth-order valence-electron chi connectivity index (χ4n) is 1.53. The number of rotatable bonds is 5. The SMILES string of the molecule is CC(C)OC(C)Oc1ccc(C(C)C)cc1. The minimum absolute atomic E-state index is 0.185. The van der Waals surface area contributed by atoms with Gasteiger partial charge < -0.3 is 9.47 Å². The largest absolute Gasteiger partial charge is 0.465 e. The number of benzene rings is 1. The van der Waals surface area contributed by atoms with Crippen molar-refractivity contribution < 1.29 is 9.47 Å². The molecular weight excluding hydrogens is 200 g/mol. The van der Waals surface area contributed by atoms with Gasteiger partial charge in [-0.3, -0.25) is 0 Å². The van der Waals surface area contributed by atoms with Crippen LogP contribution in [-0.2, 0) is 4.74 Å². The van der Waals surface area contributed by atoms with Gasteiger partial charge in [-0.1, -0.05) is 26.0 Å². The summed E-state index contributed by atoms with van der Waals surface area (Å²) in [6.07, 6.45) is -0.0187. The molecule has 0 bridgehead atoms. The van der Waals surface area contributed by atoms with Crippen LogP contribution >= 0.6 is 0 Å². The van der Waals surface area contributed by atoms with Crippen molar-refractivity contribution >= 4 is 0 Å². The molecule has 0 spiro atoms. The fourth-order valence-corrected chi connectivity index (χ4v) is 1.53. The van der Waals surface area contributed by atoms with Gasteiger partial charge in [0.25, 0.3) is 0 Å². The van der Waals surface area contributed by atoms with Gasteiger partial charge in [0.1, 0.15) is 5.75 Å². The van der Waals surface area contributed by atoms with Gasteiger partial charge in [0, 0.05) is 0 Å². The van der Waals surface area contributed by atoms with E-state index in [9.17, 15) is 0 Å². The standard InChI is InChI=1S/C14H22O2/c1-10(2)13-6-8-14(9-7-13)16-12(5)15-11(3)4/h6-12H,1-5H3. The molecule has 1 aromatic rings. The van der Waals surface area contributed by atoms with Crippen molar-refractivity contribution in [2.75, 3.05) is 0 Å². The van der Waals surface area contributed by atoms with Crippen molar-refractivity contribution in [2.24, 2.45) is 0 Å². The second-order valence-electron chi connectivity index (χ2n) is 4.59. The third kappa shape index (κ3) is 4.23. The maximum absolute atomic E-state index is 5.64. The molecule has 2 nitrogen and oxygen atoms in total. The van der Waals surface area contributed by atoms with Gasteiger partial charge in [0.05, 0.1) is 6.10 Å². The highest BCUT2D eigenvalue weighted by atomic mass is 16.7. The molecule has 0 aliphatic heterocycles. The van der Waals surface area contributed by atoms with E-state index in [2.05, 4.69) is 26.0 Å². The van der Waals surface area contributed by atoms with Crippen molar-refractivity contribution in [3.8, 4) is 5.75 Å². The molecule has 0 aliphatic carbocycles. The zero-order chi connectivity index (χ0) is 12.1. The number of hydrogen-bond donors (Lipinski definition) is 0. The molecule has 0 heterocycles. The van der Waals surface area contributed by atoms with Crippen LogP contribution in [-0.4, -0.2) is 12.4 Å². The maximum atomic E-state index is 5.64. The molecule has 0 N–H and O–H groups in total. The van der Waals surface area contributed by atoms with Gasteiger partial charge in [-0.25, -0.2) is 0 Å². The number of ether oxygens (including phenoxy) is 2. The third-order valence-corrected chi connectivity index (χ3v) is 2.31. The minimum atomic E-state index is -0.204. The highest BCUT2D eigenvalue weighted by Gasteiger charge is 2.06. The van der Waals surface area contributed by atoms with E-state index in [0.29, 0.717) is 5.92 Å². The Morgan fingerprint density at radius 1 is 0.875 bits per heavy atom. The predicted octanol–water partition coefficient (Wildman–Crippen LogP) is 3.96. The Balaban J connectivity index is 2.55. The van der Waals surface area contributed by atoms with Crippen LogP contribution in [0.2, 0.25) is 0 Å². The molecule has 90 valence electrons. The Hall–Kier alpha value is -1.02. The van der Waals surface area contributed by atoms with Gasteiger partial charge in [0.2, 0.25) is 0 Å². The Morgan fingerprint density at radius 3 is 1.88 bits per heavy atom.